The van der Waals surface area contributed by atoms with Crippen LogP contribution in [0.5, 0.6) is 5.75 Å². The molecular weight excluding hydrogens is 414 g/mol. The number of hydrogen-bond acceptors (Lipinski definition) is 7. The fourth-order valence-electron chi connectivity index (χ4n) is 4.43. The summed E-state index contributed by atoms with van der Waals surface area (Å²) in [5.74, 6) is 0.753. The zero-order chi connectivity index (χ0) is 23.0. The maximum absolute atomic E-state index is 11.1. The molecule has 1 aromatic carbocycles. The van der Waals surface area contributed by atoms with Crippen molar-refractivity contribution < 1.29 is 13.5 Å². The Morgan fingerprint density at radius 1 is 1.13 bits per heavy atom. The van der Waals surface area contributed by atoms with Crippen molar-refractivity contribution in [3.63, 3.8) is 0 Å². The van der Waals surface area contributed by atoms with E-state index in [0.29, 0.717) is 22.9 Å². The zero-order valence-corrected chi connectivity index (χ0v) is 19.4. The Hall–Kier alpha value is -2.49. The van der Waals surface area contributed by atoms with E-state index in [2.05, 4.69) is 48.1 Å². The number of nitrogens with zero attached hydrogens (tertiary/aromatic N) is 3. The number of benzene rings is 1. The number of rotatable bonds is 5. The minimum absolute atomic E-state index is 0.0196. The maximum atomic E-state index is 11.1. The molecule has 2 aromatic rings. The highest BCUT2D eigenvalue weighted by atomic mass is 32.2. The van der Waals surface area contributed by atoms with Gasteiger partial charge in [-0.3, -0.25) is 0 Å². The highest BCUT2D eigenvalue weighted by Crippen LogP contribution is 2.33. The minimum Gasteiger partial charge on any atom is -0.507 e. The Labute approximate surface area is 184 Å². The normalized spacial score (nSPS) is 18.9. The van der Waals surface area contributed by atoms with E-state index in [-0.39, 0.29) is 16.8 Å². The topological polar surface area (TPSA) is 121 Å². The van der Waals surface area contributed by atoms with Crippen LogP contribution in [0, 0.1) is 0 Å². The van der Waals surface area contributed by atoms with E-state index >= 15 is 0 Å². The summed E-state index contributed by atoms with van der Waals surface area (Å²) in [6.45, 7) is 8.87. The summed E-state index contributed by atoms with van der Waals surface area (Å²) in [4.78, 5) is 2.17. The number of anilines is 1. The van der Waals surface area contributed by atoms with E-state index in [9.17, 15) is 13.5 Å². The van der Waals surface area contributed by atoms with Crippen LogP contribution in [0.15, 0.2) is 35.7 Å². The van der Waals surface area contributed by atoms with Gasteiger partial charge in [0.05, 0.1) is 5.69 Å². The van der Waals surface area contributed by atoms with Crippen LogP contribution >= 0.6 is 0 Å². The first-order valence-corrected chi connectivity index (χ1v) is 11.8. The molecule has 31 heavy (non-hydrogen) atoms. The third-order valence-corrected chi connectivity index (χ3v) is 5.99. The lowest BCUT2D eigenvalue weighted by Gasteiger charge is -2.49. The number of phenolic OH excluding ortho intramolecular Hbond substituents is 1. The summed E-state index contributed by atoms with van der Waals surface area (Å²) in [6.07, 6.45) is 3.31. The molecule has 3 rings (SSSR count). The van der Waals surface area contributed by atoms with Crippen molar-refractivity contribution in [2.24, 2.45) is 5.14 Å². The van der Waals surface area contributed by atoms with E-state index < -0.39 is 10.0 Å². The van der Waals surface area contributed by atoms with Gasteiger partial charge in [0, 0.05) is 35.1 Å². The molecule has 8 nitrogen and oxygen atoms in total. The fourth-order valence-corrected chi connectivity index (χ4v) is 4.78. The maximum Gasteiger partial charge on any atom is 0.231 e. The number of sulfonamides is 1. The van der Waals surface area contributed by atoms with Crippen LogP contribution in [0.4, 0.5) is 5.82 Å². The Kier molecular flexibility index (Phi) is 6.14. The molecule has 0 atom stereocenters. The minimum atomic E-state index is -3.73. The largest absolute Gasteiger partial charge is 0.507 e. The van der Waals surface area contributed by atoms with E-state index in [1.165, 1.54) is 12.1 Å². The van der Waals surface area contributed by atoms with Crippen molar-refractivity contribution in [3.8, 4) is 17.0 Å². The molecule has 168 valence electrons. The average molecular weight is 446 g/mol. The molecule has 1 aliphatic heterocycles. The van der Waals surface area contributed by atoms with Crippen LogP contribution < -0.4 is 15.4 Å². The van der Waals surface area contributed by atoms with Gasteiger partial charge in [-0.15, -0.1) is 10.2 Å². The van der Waals surface area contributed by atoms with Gasteiger partial charge in [0.15, 0.2) is 5.82 Å². The second-order valence-corrected chi connectivity index (χ2v) is 11.0. The second-order valence-electron chi connectivity index (χ2n) is 9.51. The molecule has 0 radical (unpaired) electrons. The molecule has 0 bridgehead atoms. The quantitative estimate of drug-likeness (QED) is 0.647. The van der Waals surface area contributed by atoms with Crippen LogP contribution in [-0.4, -0.2) is 47.9 Å². The molecule has 0 amide bonds. The predicted molar refractivity (Wildman–Crippen MR) is 124 cm³/mol. The van der Waals surface area contributed by atoms with Crippen LogP contribution in [-0.2, 0) is 10.0 Å². The number of hydrogen-bond donors (Lipinski definition) is 3. The molecular formula is C22H31N5O3S. The summed E-state index contributed by atoms with van der Waals surface area (Å²) in [5.41, 5.74) is 1.61. The first-order valence-electron chi connectivity index (χ1n) is 10.1. The van der Waals surface area contributed by atoms with E-state index in [0.717, 1.165) is 24.1 Å². The number of piperidine rings is 1. The Morgan fingerprint density at radius 2 is 1.77 bits per heavy atom. The van der Waals surface area contributed by atoms with Crippen LogP contribution in [0.25, 0.3) is 17.3 Å². The molecule has 0 aliphatic carbocycles. The number of aromatic hydroxyl groups is 1. The summed E-state index contributed by atoms with van der Waals surface area (Å²) < 4.78 is 22.1. The van der Waals surface area contributed by atoms with Crippen LogP contribution in [0.1, 0.15) is 46.1 Å². The van der Waals surface area contributed by atoms with Crippen LogP contribution in [0.2, 0.25) is 0 Å². The Bertz CT molecular complexity index is 1060. The lowest BCUT2D eigenvalue weighted by Crippen LogP contribution is -2.62. The van der Waals surface area contributed by atoms with Crippen LogP contribution in [0.3, 0.4) is 0 Å². The smallest absolute Gasteiger partial charge is 0.231 e. The molecule has 9 heteroatoms. The fraction of sp³-hybridized carbons (Fsp3) is 0.455. The first kappa shape index (κ1) is 23.2. The number of nitrogens with one attached hydrogen (secondary N) is 1. The highest BCUT2D eigenvalue weighted by Gasteiger charge is 2.39. The summed E-state index contributed by atoms with van der Waals surface area (Å²) >= 11 is 0. The number of aromatic nitrogens is 2. The van der Waals surface area contributed by atoms with Gasteiger partial charge in [0.2, 0.25) is 10.0 Å². The lowest BCUT2D eigenvalue weighted by molar-refractivity contribution is 0.160. The van der Waals surface area contributed by atoms with Gasteiger partial charge in [0.1, 0.15) is 5.75 Å². The van der Waals surface area contributed by atoms with Crippen molar-refractivity contribution in [2.45, 2.75) is 57.7 Å². The number of phenols is 1. The zero-order valence-electron chi connectivity index (χ0n) is 18.6. The first-order chi connectivity index (χ1) is 14.2. The van der Waals surface area contributed by atoms with Crippen molar-refractivity contribution >= 4 is 21.9 Å². The molecule has 1 saturated heterocycles. The third-order valence-electron chi connectivity index (χ3n) is 5.48. The van der Waals surface area contributed by atoms with Crippen molar-refractivity contribution in [3.05, 3.63) is 41.3 Å². The van der Waals surface area contributed by atoms with Gasteiger partial charge in [0.25, 0.3) is 0 Å². The standard InChI is InChI=1S/C22H31N5O3S/c1-21(2)13-16(14-22(3,4)26-21)27(5)20-9-8-18(24-25-20)17-7-6-15(12-19(17)28)10-11-31(23,29)30/h6-12,16,26,28H,13-14H2,1-5H3,(H2,23,29,30)/b11-10+. The molecule has 4 N–H and O–H groups in total. The Balaban J connectivity index is 1.79. The predicted octanol–water partition coefficient (Wildman–Crippen LogP) is 2.85. The molecule has 0 saturated carbocycles. The molecule has 2 heterocycles. The van der Waals surface area contributed by atoms with Crippen molar-refractivity contribution in [1.82, 2.24) is 15.5 Å². The van der Waals surface area contributed by atoms with Gasteiger partial charge < -0.3 is 15.3 Å². The number of nitrogens with two attached hydrogens (primary N) is 1. The number of primary sulfonamides is 1. The molecule has 0 spiro atoms. The second kappa shape index (κ2) is 8.22. The van der Waals surface area contributed by atoms with E-state index in [1.807, 2.05) is 19.2 Å². The summed E-state index contributed by atoms with van der Waals surface area (Å²) in [6, 6.07) is 8.85. The van der Waals surface area contributed by atoms with Crippen molar-refractivity contribution in [2.75, 3.05) is 11.9 Å². The van der Waals surface area contributed by atoms with Crippen molar-refractivity contribution in [1.29, 1.82) is 0 Å². The summed E-state index contributed by atoms with van der Waals surface area (Å²) in [7, 11) is -1.69. The lowest BCUT2D eigenvalue weighted by atomic mass is 9.79. The molecule has 0 unspecified atom stereocenters. The van der Waals surface area contributed by atoms with Gasteiger partial charge in [-0.2, -0.15) is 0 Å². The average Bonchev–Trinajstić information content (AvgIpc) is 2.63. The Morgan fingerprint density at radius 3 is 2.29 bits per heavy atom. The summed E-state index contributed by atoms with van der Waals surface area (Å²) in [5, 5.41) is 28.6. The monoisotopic (exact) mass is 445 g/mol. The van der Waals surface area contributed by atoms with Gasteiger partial charge in [-0.1, -0.05) is 6.07 Å². The molecule has 1 aliphatic rings. The molecule has 1 aromatic heterocycles. The highest BCUT2D eigenvalue weighted by molar-refractivity contribution is 7.92. The van der Waals surface area contributed by atoms with Gasteiger partial charge >= 0.3 is 0 Å². The van der Waals surface area contributed by atoms with E-state index in [1.54, 1.807) is 12.1 Å². The third kappa shape index (κ3) is 6.03. The van der Waals surface area contributed by atoms with E-state index in [4.69, 9.17) is 5.14 Å². The van der Waals surface area contributed by atoms with Gasteiger partial charge in [-0.05, 0) is 76.4 Å². The molecule has 1 fully saturated rings. The SMILES string of the molecule is CN(c1ccc(-c2ccc(/C=C/S(N)(=O)=O)cc2O)nn1)C1CC(C)(C)NC(C)(C)C1. The van der Waals surface area contributed by atoms with Gasteiger partial charge in [-0.25, -0.2) is 13.6 Å².